The van der Waals surface area contributed by atoms with Crippen LogP contribution < -0.4 is 10.1 Å². The molecule has 0 aliphatic heterocycles. The van der Waals surface area contributed by atoms with Gasteiger partial charge in [0.1, 0.15) is 5.75 Å². The molecule has 1 aromatic carbocycles. The summed E-state index contributed by atoms with van der Waals surface area (Å²) in [5.74, 6) is 1.36. The summed E-state index contributed by atoms with van der Waals surface area (Å²) in [6.45, 7) is 11.2. The minimum atomic E-state index is 0.0181. The largest absolute Gasteiger partial charge is 0.493 e. The van der Waals surface area contributed by atoms with E-state index >= 15 is 0 Å². The third-order valence-corrected chi connectivity index (χ3v) is 2.98. The molecule has 4 nitrogen and oxygen atoms in total. The number of benzene rings is 1. The fourth-order valence-corrected chi connectivity index (χ4v) is 1.75. The molecule has 0 atom stereocenters. The van der Waals surface area contributed by atoms with Gasteiger partial charge in [-0.05, 0) is 43.3 Å². The van der Waals surface area contributed by atoms with Crippen LogP contribution in [0.1, 0.15) is 27.7 Å². The first kappa shape index (κ1) is 16.5. The van der Waals surface area contributed by atoms with Crippen molar-refractivity contribution in [2.75, 3.05) is 31.6 Å². The van der Waals surface area contributed by atoms with E-state index in [4.69, 9.17) is 4.74 Å². The normalized spacial score (nSPS) is 10.9. The fourth-order valence-electron chi connectivity index (χ4n) is 1.75. The fraction of sp³-hybridized carbons (Fsp3) is 0.562. The first-order valence-corrected chi connectivity index (χ1v) is 7.30. The van der Waals surface area contributed by atoms with Crippen LogP contribution in [0.4, 0.5) is 5.69 Å². The molecule has 1 rings (SSSR count). The molecule has 0 saturated carbocycles. The zero-order chi connectivity index (χ0) is 15.0. The van der Waals surface area contributed by atoms with Crippen LogP contribution in [-0.4, -0.2) is 37.0 Å². The van der Waals surface area contributed by atoms with Crippen molar-refractivity contribution >= 4 is 11.6 Å². The number of amides is 1. The molecule has 1 aromatic rings. The molecule has 0 heterocycles. The molecule has 0 aliphatic rings. The maximum absolute atomic E-state index is 11.9. The molecule has 0 fully saturated rings. The van der Waals surface area contributed by atoms with E-state index in [1.54, 1.807) is 0 Å². The Labute approximate surface area is 122 Å². The monoisotopic (exact) mass is 278 g/mol. The Hall–Kier alpha value is -1.55. The number of hydrogen-bond donors (Lipinski definition) is 1. The summed E-state index contributed by atoms with van der Waals surface area (Å²) in [5.41, 5.74) is 0.805. The van der Waals surface area contributed by atoms with Crippen LogP contribution in [0.3, 0.4) is 0 Å². The summed E-state index contributed by atoms with van der Waals surface area (Å²) >= 11 is 0. The Bertz CT molecular complexity index is 397. The number of rotatable bonds is 8. The summed E-state index contributed by atoms with van der Waals surface area (Å²) in [6.07, 6.45) is 0. The highest BCUT2D eigenvalue weighted by atomic mass is 16.5. The molecule has 4 heteroatoms. The Morgan fingerprint density at radius 1 is 1.20 bits per heavy atom. The van der Waals surface area contributed by atoms with Crippen molar-refractivity contribution < 1.29 is 9.53 Å². The van der Waals surface area contributed by atoms with Crippen molar-refractivity contribution in [3.8, 4) is 5.75 Å². The van der Waals surface area contributed by atoms with Gasteiger partial charge in [0.15, 0.2) is 0 Å². The molecule has 0 aliphatic carbocycles. The van der Waals surface area contributed by atoms with Crippen LogP contribution in [-0.2, 0) is 4.79 Å². The van der Waals surface area contributed by atoms with Gasteiger partial charge in [0.25, 0.3) is 0 Å². The van der Waals surface area contributed by atoms with Gasteiger partial charge in [-0.3, -0.25) is 9.69 Å². The van der Waals surface area contributed by atoms with E-state index in [0.29, 0.717) is 19.1 Å². The Morgan fingerprint density at radius 3 is 2.30 bits per heavy atom. The third-order valence-electron chi connectivity index (χ3n) is 2.98. The van der Waals surface area contributed by atoms with Crippen LogP contribution in [0.25, 0.3) is 0 Å². The second-order valence-electron chi connectivity index (χ2n) is 5.24. The van der Waals surface area contributed by atoms with Gasteiger partial charge in [0.2, 0.25) is 5.91 Å². The lowest BCUT2D eigenvalue weighted by molar-refractivity contribution is -0.117. The van der Waals surface area contributed by atoms with Crippen LogP contribution in [0.5, 0.6) is 5.75 Å². The molecule has 1 N–H and O–H groups in total. The van der Waals surface area contributed by atoms with E-state index < -0.39 is 0 Å². The maximum atomic E-state index is 11.9. The average Bonchev–Trinajstić information content (AvgIpc) is 2.44. The standard InChI is InChI=1S/C16H26N2O2/c1-5-18(6-2)11-16(19)17-14-7-9-15(10-8-14)20-12-13(3)4/h7-10,13H,5-6,11-12H2,1-4H3,(H,17,19). The van der Waals surface area contributed by atoms with E-state index in [2.05, 4.69) is 37.9 Å². The third kappa shape index (κ3) is 6.06. The molecule has 0 saturated heterocycles. The molecule has 0 spiro atoms. The van der Waals surface area contributed by atoms with Gasteiger partial charge in [0, 0.05) is 5.69 Å². The lowest BCUT2D eigenvalue weighted by Gasteiger charge is -2.17. The zero-order valence-corrected chi connectivity index (χ0v) is 13.0. The summed E-state index contributed by atoms with van der Waals surface area (Å²) < 4.78 is 5.61. The van der Waals surface area contributed by atoms with Gasteiger partial charge < -0.3 is 10.1 Å². The molecule has 0 aromatic heterocycles. The SMILES string of the molecule is CCN(CC)CC(=O)Nc1ccc(OCC(C)C)cc1. The Balaban J connectivity index is 2.46. The molecule has 0 unspecified atom stereocenters. The number of carbonyl (C=O) groups is 1. The molecular formula is C16H26N2O2. The summed E-state index contributed by atoms with van der Waals surface area (Å²) in [7, 11) is 0. The number of carbonyl (C=O) groups excluding carboxylic acids is 1. The van der Waals surface area contributed by atoms with Crippen molar-refractivity contribution in [1.29, 1.82) is 0 Å². The van der Waals surface area contributed by atoms with Crippen LogP contribution >= 0.6 is 0 Å². The lowest BCUT2D eigenvalue weighted by Crippen LogP contribution is -2.32. The van der Waals surface area contributed by atoms with Crippen molar-refractivity contribution in [1.82, 2.24) is 4.90 Å². The molecule has 0 radical (unpaired) electrons. The van der Waals surface area contributed by atoms with Gasteiger partial charge >= 0.3 is 0 Å². The minimum Gasteiger partial charge on any atom is -0.493 e. The van der Waals surface area contributed by atoms with Gasteiger partial charge in [-0.25, -0.2) is 0 Å². The highest BCUT2D eigenvalue weighted by molar-refractivity contribution is 5.92. The summed E-state index contributed by atoms with van der Waals surface area (Å²) in [6, 6.07) is 7.51. The molecule has 20 heavy (non-hydrogen) atoms. The highest BCUT2D eigenvalue weighted by Gasteiger charge is 2.07. The van der Waals surface area contributed by atoms with Crippen molar-refractivity contribution in [2.24, 2.45) is 5.92 Å². The van der Waals surface area contributed by atoms with Crippen LogP contribution in [0, 0.1) is 5.92 Å². The number of anilines is 1. The number of nitrogens with one attached hydrogen (secondary N) is 1. The summed E-state index contributed by atoms with van der Waals surface area (Å²) in [4.78, 5) is 13.9. The van der Waals surface area contributed by atoms with Gasteiger partial charge in [-0.2, -0.15) is 0 Å². The summed E-state index contributed by atoms with van der Waals surface area (Å²) in [5, 5.41) is 2.90. The molecule has 1 amide bonds. The van der Waals surface area contributed by atoms with Gasteiger partial charge in [-0.15, -0.1) is 0 Å². The van der Waals surface area contributed by atoms with Gasteiger partial charge in [0.05, 0.1) is 13.2 Å². The van der Waals surface area contributed by atoms with Crippen LogP contribution in [0.15, 0.2) is 24.3 Å². The predicted octanol–water partition coefficient (Wildman–Crippen LogP) is 3.00. The number of ether oxygens (including phenoxy) is 1. The van der Waals surface area contributed by atoms with Crippen molar-refractivity contribution in [2.45, 2.75) is 27.7 Å². The van der Waals surface area contributed by atoms with Crippen molar-refractivity contribution in [3.63, 3.8) is 0 Å². The quantitative estimate of drug-likeness (QED) is 0.795. The van der Waals surface area contributed by atoms with E-state index in [-0.39, 0.29) is 5.91 Å². The van der Waals surface area contributed by atoms with E-state index in [0.717, 1.165) is 24.5 Å². The maximum Gasteiger partial charge on any atom is 0.238 e. The second kappa shape index (κ2) is 8.59. The Kier molecular flexibility index (Phi) is 7.09. The van der Waals surface area contributed by atoms with Crippen LogP contribution in [0.2, 0.25) is 0 Å². The topological polar surface area (TPSA) is 41.6 Å². The number of nitrogens with zero attached hydrogens (tertiary/aromatic N) is 1. The first-order valence-electron chi connectivity index (χ1n) is 7.30. The highest BCUT2D eigenvalue weighted by Crippen LogP contribution is 2.16. The van der Waals surface area contributed by atoms with E-state index in [9.17, 15) is 4.79 Å². The van der Waals surface area contributed by atoms with Gasteiger partial charge in [-0.1, -0.05) is 27.7 Å². The predicted molar refractivity (Wildman–Crippen MR) is 83.2 cm³/mol. The smallest absolute Gasteiger partial charge is 0.238 e. The first-order chi connectivity index (χ1) is 9.55. The zero-order valence-electron chi connectivity index (χ0n) is 13.0. The number of hydrogen-bond acceptors (Lipinski definition) is 3. The van der Waals surface area contributed by atoms with E-state index in [1.165, 1.54) is 0 Å². The van der Waals surface area contributed by atoms with E-state index in [1.807, 2.05) is 24.3 Å². The number of likely N-dealkylation sites (N-methyl/N-ethyl adjacent to an activating group) is 1. The minimum absolute atomic E-state index is 0.0181. The van der Waals surface area contributed by atoms with Crippen molar-refractivity contribution in [3.05, 3.63) is 24.3 Å². The second-order valence-corrected chi connectivity index (χ2v) is 5.24. The molecule has 0 bridgehead atoms. The average molecular weight is 278 g/mol. The Morgan fingerprint density at radius 2 is 1.80 bits per heavy atom. The lowest BCUT2D eigenvalue weighted by atomic mass is 10.2. The molecular weight excluding hydrogens is 252 g/mol. The molecule has 112 valence electrons.